The highest BCUT2D eigenvalue weighted by Crippen LogP contribution is 2.23. The average molecular weight is 234 g/mol. The van der Waals surface area contributed by atoms with Crippen molar-refractivity contribution in [3.05, 3.63) is 51.8 Å². The lowest BCUT2D eigenvalue weighted by atomic mass is 10.2. The van der Waals surface area contributed by atoms with Crippen molar-refractivity contribution in [2.24, 2.45) is 0 Å². The van der Waals surface area contributed by atoms with Crippen LogP contribution < -0.4 is 10.3 Å². The molecule has 0 fully saturated rings. The number of aromatic amines is 1. The van der Waals surface area contributed by atoms with Crippen LogP contribution in [0.1, 0.15) is 11.4 Å². The number of nitrogens with one attached hydrogen (secondary N) is 1. The number of halogens is 1. The van der Waals surface area contributed by atoms with Gasteiger partial charge in [0, 0.05) is 0 Å². The minimum atomic E-state index is -0.452. The first-order valence-electron chi connectivity index (χ1n) is 5.07. The van der Waals surface area contributed by atoms with Crippen molar-refractivity contribution in [2.45, 2.75) is 13.8 Å². The summed E-state index contributed by atoms with van der Waals surface area (Å²) in [5.41, 5.74) is 0.143. The van der Waals surface area contributed by atoms with Crippen molar-refractivity contribution in [1.29, 1.82) is 0 Å². The van der Waals surface area contributed by atoms with Gasteiger partial charge in [-0.25, -0.2) is 9.37 Å². The molecule has 0 amide bonds. The van der Waals surface area contributed by atoms with E-state index in [1.807, 2.05) is 0 Å². The molecule has 0 saturated carbocycles. The Balaban J connectivity index is 2.38. The predicted octanol–water partition coefficient (Wildman–Crippen LogP) is 2.32. The number of aryl methyl sites for hydroxylation is 2. The number of hydrogen-bond donors (Lipinski definition) is 1. The molecule has 1 aromatic heterocycles. The fourth-order valence-electron chi connectivity index (χ4n) is 1.42. The lowest BCUT2D eigenvalue weighted by Crippen LogP contribution is -2.08. The van der Waals surface area contributed by atoms with Crippen LogP contribution in [0.5, 0.6) is 11.6 Å². The molecule has 5 heteroatoms. The van der Waals surface area contributed by atoms with E-state index in [4.69, 9.17) is 4.74 Å². The second-order valence-electron chi connectivity index (χ2n) is 3.66. The van der Waals surface area contributed by atoms with Crippen molar-refractivity contribution in [2.75, 3.05) is 0 Å². The number of H-pyrrole nitrogens is 1. The summed E-state index contributed by atoms with van der Waals surface area (Å²) in [7, 11) is 0. The molecule has 0 spiro atoms. The Morgan fingerprint density at radius 3 is 2.82 bits per heavy atom. The summed E-state index contributed by atoms with van der Waals surface area (Å²) in [4.78, 5) is 17.6. The number of rotatable bonds is 2. The van der Waals surface area contributed by atoms with Crippen molar-refractivity contribution in [3.8, 4) is 11.6 Å². The molecule has 1 aromatic carbocycles. The summed E-state index contributed by atoms with van der Waals surface area (Å²) in [6.07, 6.45) is 0. The molecule has 4 nitrogen and oxygen atoms in total. The number of nitrogens with zero attached hydrogens (tertiary/aromatic N) is 1. The van der Waals surface area contributed by atoms with Crippen LogP contribution in [0.15, 0.2) is 29.1 Å². The number of hydrogen-bond acceptors (Lipinski definition) is 3. The first-order chi connectivity index (χ1) is 8.06. The zero-order valence-electron chi connectivity index (χ0n) is 9.45. The van der Waals surface area contributed by atoms with Gasteiger partial charge in [-0.15, -0.1) is 0 Å². The largest absolute Gasteiger partial charge is 0.436 e. The van der Waals surface area contributed by atoms with Crippen molar-refractivity contribution >= 4 is 0 Å². The molecule has 1 N–H and O–H groups in total. The molecule has 0 aliphatic carbocycles. The number of benzene rings is 1. The van der Waals surface area contributed by atoms with Gasteiger partial charge < -0.3 is 9.72 Å². The van der Waals surface area contributed by atoms with E-state index in [1.54, 1.807) is 26.0 Å². The molecule has 17 heavy (non-hydrogen) atoms. The molecule has 2 rings (SSSR count). The van der Waals surface area contributed by atoms with E-state index in [2.05, 4.69) is 9.97 Å². The van der Waals surface area contributed by atoms with Gasteiger partial charge in [-0.1, -0.05) is 12.1 Å². The topological polar surface area (TPSA) is 55.0 Å². The molecule has 2 aromatic rings. The minimum Gasteiger partial charge on any atom is -0.436 e. The van der Waals surface area contributed by atoms with E-state index in [1.165, 1.54) is 12.1 Å². The van der Waals surface area contributed by atoms with Gasteiger partial charge in [-0.3, -0.25) is 4.79 Å². The Morgan fingerprint density at radius 1 is 1.35 bits per heavy atom. The second-order valence-corrected chi connectivity index (χ2v) is 3.66. The van der Waals surface area contributed by atoms with Gasteiger partial charge >= 0.3 is 0 Å². The Labute approximate surface area is 97.1 Å². The Bertz CT molecular complexity index is 608. The lowest BCUT2D eigenvalue weighted by molar-refractivity contribution is 0.422. The first kappa shape index (κ1) is 11.3. The summed E-state index contributed by atoms with van der Waals surface area (Å²) in [5.74, 6) is 0.103. The Morgan fingerprint density at radius 2 is 2.12 bits per heavy atom. The molecule has 0 aliphatic heterocycles. The lowest BCUT2D eigenvalue weighted by Gasteiger charge is -2.07. The van der Waals surface area contributed by atoms with Gasteiger partial charge in [0.1, 0.15) is 5.82 Å². The maximum Gasteiger partial charge on any atom is 0.254 e. The van der Waals surface area contributed by atoms with Crippen LogP contribution in [0.25, 0.3) is 0 Å². The smallest absolute Gasteiger partial charge is 0.254 e. The highest BCUT2D eigenvalue weighted by atomic mass is 19.1. The molecule has 0 aliphatic rings. The maximum atomic E-state index is 13.6. The molecule has 0 bridgehead atoms. The zero-order chi connectivity index (χ0) is 12.4. The van der Waals surface area contributed by atoms with Gasteiger partial charge in [-0.05, 0) is 25.5 Å². The van der Waals surface area contributed by atoms with Crippen molar-refractivity contribution in [1.82, 2.24) is 9.97 Å². The Hall–Kier alpha value is -2.17. The van der Waals surface area contributed by atoms with Crippen LogP contribution in [0.3, 0.4) is 0 Å². The average Bonchev–Trinajstić information content (AvgIpc) is 2.23. The third-order valence-corrected chi connectivity index (χ3v) is 2.21. The maximum absolute atomic E-state index is 13.6. The van der Waals surface area contributed by atoms with E-state index in [9.17, 15) is 9.18 Å². The van der Waals surface area contributed by atoms with Crippen LogP contribution in [0, 0.1) is 19.7 Å². The van der Waals surface area contributed by atoms with Crippen LogP contribution in [0.4, 0.5) is 4.39 Å². The first-order valence-corrected chi connectivity index (χ1v) is 5.07. The molecule has 88 valence electrons. The molecular weight excluding hydrogens is 223 g/mol. The van der Waals surface area contributed by atoms with Crippen molar-refractivity contribution in [3.63, 3.8) is 0 Å². The normalized spacial score (nSPS) is 10.3. The summed E-state index contributed by atoms with van der Waals surface area (Å²) in [6.45, 7) is 3.26. The van der Waals surface area contributed by atoms with Crippen LogP contribution in [0.2, 0.25) is 0 Å². The molecule has 0 unspecified atom stereocenters. The highest BCUT2D eigenvalue weighted by molar-refractivity contribution is 5.32. The third kappa shape index (κ3) is 2.50. The Kier molecular flexibility index (Phi) is 2.91. The van der Waals surface area contributed by atoms with Crippen LogP contribution >= 0.6 is 0 Å². The van der Waals surface area contributed by atoms with Gasteiger partial charge in [-0.2, -0.15) is 0 Å². The fraction of sp³-hybridized carbons (Fsp3) is 0.167. The van der Waals surface area contributed by atoms with Crippen LogP contribution in [-0.4, -0.2) is 9.97 Å². The number of ether oxygens (including phenoxy) is 1. The van der Waals surface area contributed by atoms with Gasteiger partial charge in [0.2, 0.25) is 5.88 Å². The summed E-state index contributed by atoms with van der Waals surface area (Å²) in [6, 6.07) is 5.97. The third-order valence-electron chi connectivity index (χ3n) is 2.21. The van der Waals surface area contributed by atoms with E-state index >= 15 is 0 Å². The quantitative estimate of drug-likeness (QED) is 0.867. The highest BCUT2D eigenvalue weighted by Gasteiger charge is 2.08. The molecule has 0 saturated heterocycles. The van der Waals surface area contributed by atoms with E-state index in [0.29, 0.717) is 11.4 Å². The molecule has 1 heterocycles. The predicted molar refractivity (Wildman–Crippen MR) is 60.8 cm³/mol. The molecular formula is C12H11FN2O2. The fourth-order valence-corrected chi connectivity index (χ4v) is 1.42. The molecule has 0 radical (unpaired) electrons. The summed E-state index contributed by atoms with van der Waals surface area (Å²) >= 11 is 0. The summed E-state index contributed by atoms with van der Waals surface area (Å²) in [5, 5.41) is 0. The second kappa shape index (κ2) is 4.37. The van der Waals surface area contributed by atoms with Gasteiger partial charge in [0.05, 0.1) is 6.07 Å². The van der Waals surface area contributed by atoms with Crippen LogP contribution in [-0.2, 0) is 0 Å². The van der Waals surface area contributed by atoms with Gasteiger partial charge in [0.25, 0.3) is 5.56 Å². The summed E-state index contributed by atoms with van der Waals surface area (Å²) < 4.78 is 18.9. The SMILES string of the molecule is Cc1nc(Oc2cccc(C)c2F)cc(=O)[nH]1. The zero-order valence-corrected chi connectivity index (χ0v) is 9.45. The minimum absolute atomic E-state index is 0.0579. The molecule has 0 atom stereocenters. The monoisotopic (exact) mass is 234 g/mol. The number of aromatic nitrogens is 2. The van der Waals surface area contributed by atoms with E-state index in [-0.39, 0.29) is 17.2 Å². The standard InChI is InChI=1S/C12H11FN2O2/c1-7-4-3-5-9(12(7)13)17-11-6-10(16)14-8(2)15-11/h3-6H,1-2H3,(H,14,15,16). The van der Waals surface area contributed by atoms with E-state index in [0.717, 1.165) is 0 Å². The van der Waals surface area contributed by atoms with Gasteiger partial charge in [0.15, 0.2) is 11.6 Å². The van der Waals surface area contributed by atoms with E-state index < -0.39 is 5.82 Å². The van der Waals surface area contributed by atoms with Crippen molar-refractivity contribution < 1.29 is 9.13 Å².